The van der Waals surface area contributed by atoms with Crippen molar-refractivity contribution < 1.29 is 9.18 Å². The third-order valence-electron chi connectivity index (χ3n) is 1.79. The molecule has 0 radical (unpaired) electrons. The summed E-state index contributed by atoms with van der Waals surface area (Å²) in [5.74, 6) is -0.305. The second kappa shape index (κ2) is 5.05. The molecule has 0 atom stereocenters. The van der Waals surface area contributed by atoms with Crippen LogP contribution in [0.4, 0.5) is 4.39 Å². The summed E-state index contributed by atoms with van der Waals surface area (Å²) in [6.45, 7) is 3.48. The zero-order valence-electron chi connectivity index (χ0n) is 7.59. The number of halogens is 2. The fraction of sp³-hybridized carbons (Fsp3) is 0.182. The van der Waals surface area contributed by atoms with E-state index in [2.05, 4.69) is 22.5 Å². The highest BCUT2D eigenvalue weighted by atomic mass is 79.9. The number of hydrogen-bond acceptors (Lipinski definition) is 1. The Morgan fingerprint density at radius 2 is 2.29 bits per heavy atom. The van der Waals surface area contributed by atoms with Crippen LogP contribution in [0.1, 0.15) is 12.0 Å². The van der Waals surface area contributed by atoms with Crippen molar-refractivity contribution in [1.29, 1.82) is 0 Å². The molecular formula is C11H10BrFO. The number of carbonyl (C=O) groups is 1. The SMILES string of the molecule is C=CCC(=O)Cc1cccc(F)c1Br. The van der Waals surface area contributed by atoms with Crippen molar-refractivity contribution in [3.05, 3.63) is 46.7 Å². The fourth-order valence-electron chi connectivity index (χ4n) is 1.13. The Balaban J connectivity index is 2.81. The standard InChI is InChI=1S/C11H10BrFO/c1-2-4-9(14)7-8-5-3-6-10(13)11(8)12/h2-3,5-6H,1,4,7H2. The number of carbonyl (C=O) groups excluding carboxylic acids is 1. The minimum absolute atomic E-state index is 0.0336. The highest BCUT2D eigenvalue weighted by Gasteiger charge is 2.08. The van der Waals surface area contributed by atoms with Crippen molar-refractivity contribution in [2.75, 3.05) is 0 Å². The topological polar surface area (TPSA) is 17.1 Å². The average Bonchev–Trinajstić information content (AvgIpc) is 2.13. The number of ketones is 1. The van der Waals surface area contributed by atoms with Gasteiger partial charge in [-0.3, -0.25) is 4.79 Å². The first kappa shape index (κ1) is 11.1. The van der Waals surface area contributed by atoms with Crippen molar-refractivity contribution >= 4 is 21.7 Å². The van der Waals surface area contributed by atoms with Gasteiger partial charge in [-0.1, -0.05) is 18.2 Å². The molecule has 1 nitrogen and oxygen atoms in total. The monoisotopic (exact) mass is 256 g/mol. The van der Waals surface area contributed by atoms with Crippen LogP contribution in [0, 0.1) is 5.82 Å². The second-order valence-corrected chi connectivity index (χ2v) is 3.71. The molecule has 0 saturated heterocycles. The second-order valence-electron chi connectivity index (χ2n) is 2.92. The predicted octanol–water partition coefficient (Wildman–Crippen LogP) is 3.28. The minimum atomic E-state index is -0.339. The maximum Gasteiger partial charge on any atom is 0.141 e. The Hall–Kier alpha value is -0.960. The van der Waals surface area contributed by atoms with Crippen molar-refractivity contribution in [3.63, 3.8) is 0 Å². The molecule has 74 valence electrons. The van der Waals surface area contributed by atoms with Gasteiger partial charge in [0, 0.05) is 12.8 Å². The summed E-state index contributed by atoms with van der Waals surface area (Å²) in [5.41, 5.74) is 0.678. The third kappa shape index (κ3) is 2.77. The molecule has 0 heterocycles. The van der Waals surface area contributed by atoms with Gasteiger partial charge in [-0.15, -0.1) is 6.58 Å². The molecule has 0 amide bonds. The van der Waals surface area contributed by atoms with Gasteiger partial charge < -0.3 is 0 Å². The highest BCUT2D eigenvalue weighted by Crippen LogP contribution is 2.21. The number of rotatable bonds is 4. The summed E-state index contributed by atoms with van der Waals surface area (Å²) in [7, 11) is 0. The first-order valence-electron chi connectivity index (χ1n) is 4.20. The van der Waals surface area contributed by atoms with Crippen LogP contribution in [0.3, 0.4) is 0 Å². The van der Waals surface area contributed by atoms with E-state index in [1.165, 1.54) is 6.07 Å². The predicted molar refractivity (Wildman–Crippen MR) is 57.6 cm³/mol. The van der Waals surface area contributed by atoms with Crippen molar-refractivity contribution in [2.24, 2.45) is 0 Å². The molecule has 0 saturated carbocycles. The molecule has 0 aromatic heterocycles. The largest absolute Gasteiger partial charge is 0.299 e. The summed E-state index contributed by atoms with van der Waals surface area (Å²) in [4.78, 5) is 11.3. The number of allylic oxidation sites excluding steroid dienone is 1. The molecule has 0 spiro atoms. The van der Waals surface area contributed by atoms with Crippen LogP contribution < -0.4 is 0 Å². The summed E-state index contributed by atoms with van der Waals surface area (Å²) in [6, 6.07) is 4.68. The van der Waals surface area contributed by atoms with Gasteiger partial charge in [0.2, 0.25) is 0 Å². The van der Waals surface area contributed by atoms with Gasteiger partial charge in [0.1, 0.15) is 11.6 Å². The van der Waals surface area contributed by atoms with E-state index in [0.717, 1.165) is 0 Å². The normalized spacial score (nSPS) is 9.86. The van der Waals surface area contributed by atoms with Crippen LogP contribution in [-0.4, -0.2) is 5.78 Å². The number of hydrogen-bond donors (Lipinski definition) is 0. The van der Waals surface area contributed by atoms with Crippen LogP contribution >= 0.6 is 15.9 Å². The molecule has 14 heavy (non-hydrogen) atoms. The van der Waals surface area contributed by atoms with E-state index < -0.39 is 0 Å². The molecule has 1 rings (SSSR count). The maximum absolute atomic E-state index is 13.0. The third-order valence-corrected chi connectivity index (χ3v) is 2.68. The van der Waals surface area contributed by atoms with Gasteiger partial charge in [-0.05, 0) is 27.6 Å². The molecule has 0 aliphatic rings. The summed E-state index contributed by atoms with van der Waals surface area (Å²) in [5, 5.41) is 0. The Kier molecular flexibility index (Phi) is 4.01. The van der Waals surface area contributed by atoms with E-state index in [9.17, 15) is 9.18 Å². The first-order chi connectivity index (χ1) is 6.65. The Morgan fingerprint density at radius 1 is 1.57 bits per heavy atom. The molecular weight excluding hydrogens is 247 g/mol. The van der Waals surface area contributed by atoms with Crippen molar-refractivity contribution in [3.8, 4) is 0 Å². The molecule has 0 aliphatic heterocycles. The highest BCUT2D eigenvalue weighted by molar-refractivity contribution is 9.10. The molecule has 1 aromatic carbocycles. The van der Waals surface area contributed by atoms with Gasteiger partial charge in [0.25, 0.3) is 0 Å². The smallest absolute Gasteiger partial charge is 0.141 e. The molecule has 1 aromatic rings. The molecule has 0 aliphatic carbocycles. The summed E-state index contributed by atoms with van der Waals surface area (Å²) >= 11 is 3.11. The van der Waals surface area contributed by atoms with Crippen molar-refractivity contribution in [1.82, 2.24) is 0 Å². The van der Waals surface area contributed by atoms with E-state index in [1.807, 2.05) is 0 Å². The lowest BCUT2D eigenvalue weighted by Gasteiger charge is -2.03. The van der Waals surface area contributed by atoms with Crippen LogP contribution in [0.15, 0.2) is 35.3 Å². The quantitative estimate of drug-likeness (QED) is 0.756. The zero-order chi connectivity index (χ0) is 10.6. The average molecular weight is 257 g/mol. The molecule has 0 unspecified atom stereocenters. The lowest BCUT2D eigenvalue weighted by atomic mass is 10.1. The maximum atomic E-state index is 13.0. The fourth-order valence-corrected chi connectivity index (χ4v) is 1.54. The van der Waals surface area contributed by atoms with E-state index in [4.69, 9.17) is 0 Å². The van der Waals surface area contributed by atoms with Crippen LogP contribution in [-0.2, 0) is 11.2 Å². The van der Waals surface area contributed by atoms with Gasteiger partial charge in [0.15, 0.2) is 0 Å². The number of Topliss-reactive ketones (excluding diaryl/α,β-unsaturated/α-hetero) is 1. The van der Waals surface area contributed by atoms with Crippen LogP contribution in [0.25, 0.3) is 0 Å². The van der Waals surface area contributed by atoms with Gasteiger partial charge in [0.05, 0.1) is 4.47 Å². The van der Waals surface area contributed by atoms with Crippen LogP contribution in [0.2, 0.25) is 0 Å². The summed E-state index contributed by atoms with van der Waals surface area (Å²) in [6.07, 6.45) is 2.11. The van der Waals surface area contributed by atoms with E-state index in [1.54, 1.807) is 18.2 Å². The lowest BCUT2D eigenvalue weighted by Crippen LogP contribution is -2.02. The Bertz CT molecular complexity index is 360. The Labute approximate surface area is 90.8 Å². The van der Waals surface area contributed by atoms with Gasteiger partial charge in [-0.2, -0.15) is 0 Å². The summed E-state index contributed by atoms with van der Waals surface area (Å²) < 4.78 is 13.4. The van der Waals surface area contributed by atoms with Crippen LogP contribution in [0.5, 0.6) is 0 Å². The molecule has 0 N–H and O–H groups in total. The molecule has 3 heteroatoms. The minimum Gasteiger partial charge on any atom is -0.299 e. The molecule has 0 fully saturated rings. The number of benzene rings is 1. The first-order valence-corrected chi connectivity index (χ1v) is 5.00. The van der Waals surface area contributed by atoms with Gasteiger partial charge in [-0.25, -0.2) is 4.39 Å². The van der Waals surface area contributed by atoms with E-state index in [0.29, 0.717) is 16.5 Å². The lowest BCUT2D eigenvalue weighted by molar-refractivity contribution is -0.117. The van der Waals surface area contributed by atoms with Gasteiger partial charge >= 0.3 is 0 Å². The van der Waals surface area contributed by atoms with E-state index >= 15 is 0 Å². The van der Waals surface area contributed by atoms with Crippen molar-refractivity contribution in [2.45, 2.75) is 12.8 Å². The Morgan fingerprint density at radius 3 is 2.93 bits per heavy atom. The molecule has 0 bridgehead atoms. The zero-order valence-corrected chi connectivity index (χ0v) is 9.18. The van der Waals surface area contributed by atoms with E-state index in [-0.39, 0.29) is 18.0 Å².